The number of rotatable bonds is 7. The zero-order valence-corrected chi connectivity index (χ0v) is 15.0. The lowest BCUT2D eigenvalue weighted by Gasteiger charge is -2.21. The van der Waals surface area contributed by atoms with Crippen molar-refractivity contribution < 1.29 is 27.9 Å². The second-order valence-corrected chi connectivity index (χ2v) is 8.34. The molecule has 7 nitrogen and oxygen atoms in total. The quantitative estimate of drug-likeness (QED) is 0.763. The van der Waals surface area contributed by atoms with E-state index in [1.165, 1.54) is 12.1 Å². The second kappa shape index (κ2) is 8.44. The topological polar surface area (TPSA) is 110 Å². The van der Waals surface area contributed by atoms with Crippen LogP contribution in [-0.2, 0) is 19.4 Å². The summed E-state index contributed by atoms with van der Waals surface area (Å²) < 4.78 is 28.7. The summed E-state index contributed by atoms with van der Waals surface area (Å²) in [7, 11) is -3.58. The van der Waals surface area contributed by atoms with Crippen molar-refractivity contribution in [1.82, 2.24) is 0 Å². The number of carbonyl (C=O) groups excluding carboxylic acids is 1. The van der Waals surface area contributed by atoms with Crippen molar-refractivity contribution in [3.05, 3.63) is 23.8 Å². The molecule has 0 unspecified atom stereocenters. The van der Waals surface area contributed by atoms with Gasteiger partial charge in [-0.1, -0.05) is 0 Å². The Morgan fingerprint density at radius 3 is 2.52 bits per heavy atom. The maximum Gasteiger partial charge on any atom is 0.335 e. The molecule has 8 heteroatoms. The molecule has 2 rings (SSSR count). The number of amides is 1. The fourth-order valence-corrected chi connectivity index (χ4v) is 3.50. The molecule has 138 valence electrons. The normalized spacial score (nSPS) is 15.7. The molecule has 1 heterocycles. The number of ether oxygens (including phenoxy) is 1. The highest BCUT2D eigenvalue weighted by Crippen LogP contribution is 2.22. The van der Waals surface area contributed by atoms with E-state index in [0.717, 1.165) is 51.2 Å². The molecule has 0 saturated carbocycles. The Morgan fingerprint density at radius 1 is 1.24 bits per heavy atom. The van der Waals surface area contributed by atoms with E-state index in [1.54, 1.807) is 0 Å². The van der Waals surface area contributed by atoms with Crippen LogP contribution >= 0.6 is 0 Å². The van der Waals surface area contributed by atoms with Crippen LogP contribution < -0.4 is 5.32 Å². The molecule has 1 fully saturated rings. The van der Waals surface area contributed by atoms with Crippen LogP contribution in [0.15, 0.2) is 23.1 Å². The van der Waals surface area contributed by atoms with Gasteiger partial charge in [0, 0.05) is 31.6 Å². The fraction of sp³-hybridized carbons (Fsp3) is 0.529. The molecule has 25 heavy (non-hydrogen) atoms. The standard InChI is InChI=1S/C17H23NO6S/c1-25(22,23)15-10-13(17(20)21)9-14(11-15)18-16(19)4-2-3-12-5-7-24-8-6-12/h9-12H,2-8H2,1H3,(H,18,19)(H,20,21). The Hall–Kier alpha value is -1.93. The Balaban J connectivity index is 1.97. The molecule has 1 amide bonds. The van der Waals surface area contributed by atoms with Crippen molar-refractivity contribution in [3.8, 4) is 0 Å². The summed E-state index contributed by atoms with van der Waals surface area (Å²) in [5.74, 6) is -0.928. The van der Waals surface area contributed by atoms with E-state index in [2.05, 4.69) is 5.32 Å². The zero-order valence-electron chi connectivity index (χ0n) is 14.2. The number of nitrogens with one attached hydrogen (secondary N) is 1. The summed E-state index contributed by atoms with van der Waals surface area (Å²) in [4.78, 5) is 23.1. The van der Waals surface area contributed by atoms with Crippen LogP contribution in [0.2, 0.25) is 0 Å². The third-order valence-corrected chi connectivity index (χ3v) is 5.31. The van der Waals surface area contributed by atoms with Crippen LogP contribution in [0.4, 0.5) is 5.69 Å². The Morgan fingerprint density at radius 2 is 1.92 bits per heavy atom. The van der Waals surface area contributed by atoms with Gasteiger partial charge in [-0.05, 0) is 49.8 Å². The maximum atomic E-state index is 12.1. The van der Waals surface area contributed by atoms with Crippen LogP contribution in [0.1, 0.15) is 42.5 Å². The van der Waals surface area contributed by atoms with Gasteiger partial charge in [0.15, 0.2) is 9.84 Å². The minimum Gasteiger partial charge on any atom is -0.478 e. The molecule has 1 saturated heterocycles. The van der Waals surface area contributed by atoms with E-state index in [0.29, 0.717) is 12.3 Å². The van der Waals surface area contributed by atoms with Crippen molar-refractivity contribution >= 4 is 27.4 Å². The summed E-state index contributed by atoms with van der Waals surface area (Å²) in [5.41, 5.74) is -0.00294. The molecule has 0 radical (unpaired) electrons. The van der Waals surface area contributed by atoms with E-state index < -0.39 is 15.8 Å². The molecular formula is C17H23NO6S. The lowest BCUT2D eigenvalue weighted by atomic mass is 9.94. The molecule has 1 aromatic carbocycles. The molecule has 0 aliphatic carbocycles. The van der Waals surface area contributed by atoms with Crippen LogP contribution in [0.25, 0.3) is 0 Å². The predicted molar refractivity (Wildman–Crippen MR) is 92.5 cm³/mol. The third kappa shape index (κ3) is 6.13. The number of benzene rings is 1. The maximum absolute atomic E-state index is 12.1. The Kier molecular flexibility index (Phi) is 6.55. The number of carboxylic acids is 1. The molecular weight excluding hydrogens is 346 g/mol. The van der Waals surface area contributed by atoms with Gasteiger partial charge in [-0.3, -0.25) is 4.79 Å². The summed E-state index contributed by atoms with van der Waals surface area (Å²) in [6.07, 6.45) is 5.00. The van der Waals surface area contributed by atoms with Crippen molar-refractivity contribution in [2.75, 3.05) is 24.8 Å². The first kappa shape index (κ1) is 19.4. The number of sulfone groups is 1. The van der Waals surface area contributed by atoms with Gasteiger partial charge in [0.1, 0.15) is 0 Å². The van der Waals surface area contributed by atoms with E-state index in [4.69, 9.17) is 9.84 Å². The second-order valence-electron chi connectivity index (χ2n) is 6.32. The number of anilines is 1. The average molecular weight is 369 g/mol. The molecule has 2 N–H and O–H groups in total. The average Bonchev–Trinajstić information content (AvgIpc) is 2.54. The van der Waals surface area contributed by atoms with Crippen LogP contribution in [0.5, 0.6) is 0 Å². The first-order valence-electron chi connectivity index (χ1n) is 8.22. The minimum absolute atomic E-state index is 0.134. The first-order chi connectivity index (χ1) is 11.8. The number of aromatic carboxylic acids is 1. The Labute approximate surface area is 147 Å². The molecule has 0 bridgehead atoms. The van der Waals surface area contributed by atoms with Gasteiger partial charge in [-0.2, -0.15) is 0 Å². The summed E-state index contributed by atoms with van der Waals surface area (Å²) in [6, 6.07) is 3.62. The SMILES string of the molecule is CS(=O)(=O)c1cc(NC(=O)CCCC2CCOCC2)cc(C(=O)O)c1. The Bertz CT molecular complexity index is 738. The van der Waals surface area contributed by atoms with E-state index in [9.17, 15) is 18.0 Å². The van der Waals surface area contributed by atoms with Crippen LogP contribution in [-0.4, -0.2) is 44.9 Å². The lowest BCUT2D eigenvalue weighted by molar-refractivity contribution is -0.116. The van der Waals surface area contributed by atoms with Crippen LogP contribution in [0.3, 0.4) is 0 Å². The number of carboxylic acid groups (broad SMARTS) is 1. The molecule has 1 aliphatic rings. The summed E-state index contributed by atoms with van der Waals surface area (Å²) in [5, 5.41) is 11.7. The van der Waals surface area contributed by atoms with Gasteiger partial charge in [0.2, 0.25) is 5.91 Å². The number of carbonyl (C=O) groups is 2. The smallest absolute Gasteiger partial charge is 0.335 e. The van der Waals surface area contributed by atoms with Crippen LogP contribution in [0, 0.1) is 5.92 Å². The molecule has 0 atom stereocenters. The van der Waals surface area contributed by atoms with Crippen molar-refractivity contribution in [2.24, 2.45) is 5.92 Å². The van der Waals surface area contributed by atoms with Gasteiger partial charge in [0.25, 0.3) is 0 Å². The molecule has 0 aromatic heterocycles. The summed E-state index contributed by atoms with van der Waals surface area (Å²) in [6.45, 7) is 1.54. The minimum atomic E-state index is -3.58. The molecule has 0 spiro atoms. The van der Waals surface area contributed by atoms with Gasteiger partial charge >= 0.3 is 5.97 Å². The van der Waals surface area contributed by atoms with E-state index in [-0.39, 0.29) is 22.1 Å². The molecule has 1 aromatic rings. The van der Waals surface area contributed by atoms with Crippen molar-refractivity contribution in [1.29, 1.82) is 0 Å². The number of hydrogen-bond acceptors (Lipinski definition) is 5. The summed E-state index contributed by atoms with van der Waals surface area (Å²) >= 11 is 0. The lowest BCUT2D eigenvalue weighted by Crippen LogP contribution is -2.17. The zero-order chi connectivity index (χ0) is 18.4. The highest BCUT2D eigenvalue weighted by Gasteiger charge is 2.16. The van der Waals surface area contributed by atoms with Gasteiger partial charge in [-0.15, -0.1) is 0 Å². The monoisotopic (exact) mass is 369 g/mol. The third-order valence-electron chi connectivity index (χ3n) is 4.22. The first-order valence-corrected chi connectivity index (χ1v) is 10.1. The van der Waals surface area contributed by atoms with Gasteiger partial charge in [0.05, 0.1) is 10.5 Å². The van der Waals surface area contributed by atoms with Gasteiger partial charge < -0.3 is 15.2 Å². The predicted octanol–water partition coefficient (Wildman–Crippen LogP) is 2.32. The largest absolute Gasteiger partial charge is 0.478 e. The van der Waals surface area contributed by atoms with Crippen molar-refractivity contribution in [3.63, 3.8) is 0 Å². The van der Waals surface area contributed by atoms with E-state index >= 15 is 0 Å². The van der Waals surface area contributed by atoms with Crippen molar-refractivity contribution in [2.45, 2.75) is 37.0 Å². The fourth-order valence-electron chi connectivity index (χ4n) is 2.82. The number of hydrogen-bond donors (Lipinski definition) is 2. The molecule has 1 aliphatic heterocycles. The van der Waals surface area contributed by atoms with Gasteiger partial charge in [-0.25, -0.2) is 13.2 Å². The highest BCUT2D eigenvalue weighted by molar-refractivity contribution is 7.90. The highest BCUT2D eigenvalue weighted by atomic mass is 32.2. The van der Waals surface area contributed by atoms with E-state index in [1.807, 2.05) is 0 Å².